The Hall–Kier alpha value is -3.18. The third kappa shape index (κ3) is 11.2. The summed E-state index contributed by atoms with van der Waals surface area (Å²) >= 11 is 6.72. The van der Waals surface area contributed by atoms with Gasteiger partial charge in [0.05, 0.1) is 18.5 Å². The van der Waals surface area contributed by atoms with Crippen molar-refractivity contribution in [3.05, 3.63) is 82.6 Å². The molecule has 5 rings (SSSR count). The van der Waals surface area contributed by atoms with Crippen LogP contribution in [0.1, 0.15) is 74.5 Å². The SMILES string of the molecule is CC(CCCC(=O)N(CCS(=O)(=O)N(C)C)CC(O)C(O)C(O)C(O)CO)c1ccc(Cl)c(CNC2(c3cnccc3-c3ccccc3OC3CC3)CC2)c1. The summed E-state index contributed by atoms with van der Waals surface area (Å²) in [5.74, 6) is 0.0873. The van der Waals surface area contributed by atoms with Gasteiger partial charge in [-0.1, -0.05) is 48.9 Å². The van der Waals surface area contributed by atoms with E-state index in [0.29, 0.717) is 24.4 Å². The highest BCUT2D eigenvalue weighted by Crippen LogP contribution is 2.50. The number of nitrogens with zero attached hydrogens (tertiary/aromatic N) is 3. The van der Waals surface area contributed by atoms with E-state index in [0.717, 1.165) is 68.5 Å². The van der Waals surface area contributed by atoms with Crippen molar-refractivity contribution < 1.29 is 43.5 Å². The molecule has 1 heterocycles. The van der Waals surface area contributed by atoms with E-state index in [1.807, 2.05) is 42.7 Å². The topological polar surface area (TPSA) is 193 Å². The van der Waals surface area contributed by atoms with Crippen LogP contribution in [0.4, 0.5) is 0 Å². The van der Waals surface area contributed by atoms with Crippen molar-refractivity contribution in [1.82, 2.24) is 19.5 Å². The molecule has 1 aromatic heterocycles. The molecule has 6 N–H and O–H groups in total. The van der Waals surface area contributed by atoms with E-state index in [1.54, 1.807) is 0 Å². The third-order valence-corrected chi connectivity index (χ3v) is 12.8. The van der Waals surface area contributed by atoms with Crippen LogP contribution in [0.5, 0.6) is 5.75 Å². The minimum atomic E-state index is -3.69. The number of carbonyl (C=O) groups is 1. The number of aliphatic hydroxyl groups excluding tert-OH is 5. The molecule has 13 nitrogen and oxygen atoms in total. The zero-order valence-corrected chi connectivity index (χ0v) is 33.3. The van der Waals surface area contributed by atoms with Crippen molar-refractivity contribution in [2.24, 2.45) is 0 Å². The van der Waals surface area contributed by atoms with Gasteiger partial charge in [-0.15, -0.1) is 0 Å². The van der Waals surface area contributed by atoms with Crippen LogP contribution >= 0.6 is 11.6 Å². The predicted molar refractivity (Wildman–Crippen MR) is 210 cm³/mol. The number of hydrogen-bond donors (Lipinski definition) is 6. The lowest BCUT2D eigenvalue weighted by Gasteiger charge is -2.31. The fourth-order valence-corrected chi connectivity index (χ4v) is 7.64. The van der Waals surface area contributed by atoms with E-state index in [2.05, 4.69) is 35.4 Å². The van der Waals surface area contributed by atoms with E-state index >= 15 is 0 Å². The standard InChI is InChI=1S/C40H55ClN4O9S/c1-26(7-6-10-37(49)45(19-20-55(52,53)44(2)3)24-34(47)38(50)39(51)35(48)25-46)27-11-14-33(41)28(21-27)22-43-40(16-17-40)32-23-42-18-15-30(32)31-8-4-5-9-36(31)54-29-12-13-29/h4-5,8-9,11,14-15,18,21,23,26,29,34-35,38-39,43,46-48,50-51H,6-7,10,12-13,16-17,19-20,22,24-25H2,1-3H3. The Bertz CT molecular complexity index is 1860. The molecule has 2 aromatic carbocycles. The molecule has 0 aliphatic heterocycles. The fourth-order valence-electron chi connectivity index (χ4n) is 6.64. The zero-order valence-electron chi connectivity index (χ0n) is 31.7. The average molecular weight is 803 g/mol. The molecule has 2 aliphatic rings. The number of para-hydroxylation sites is 1. The minimum absolute atomic E-state index is 0.0454. The summed E-state index contributed by atoms with van der Waals surface area (Å²) in [4.78, 5) is 19.0. The van der Waals surface area contributed by atoms with Crippen molar-refractivity contribution in [1.29, 1.82) is 0 Å². The molecule has 15 heteroatoms. The maximum absolute atomic E-state index is 13.4. The number of sulfonamides is 1. The Balaban J connectivity index is 1.21. The smallest absolute Gasteiger partial charge is 0.222 e. The molecule has 5 unspecified atom stereocenters. The number of ether oxygens (including phenoxy) is 1. The number of aliphatic hydroxyl groups is 5. The molecule has 55 heavy (non-hydrogen) atoms. The number of carbonyl (C=O) groups excluding carboxylic acids is 1. The molecule has 5 atom stereocenters. The van der Waals surface area contributed by atoms with E-state index in [9.17, 15) is 33.6 Å². The molecule has 2 aliphatic carbocycles. The average Bonchev–Trinajstić information content (AvgIpc) is 4.13. The van der Waals surface area contributed by atoms with Gasteiger partial charge in [-0.25, -0.2) is 12.7 Å². The lowest BCUT2D eigenvalue weighted by Crippen LogP contribution is -2.51. The van der Waals surface area contributed by atoms with Gasteiger partial charge in [-0.2, -0.15) is 0 Å². The number of hydrogen-bond acceptors (Lipinski definition) is 11. The van der Waals surface area contributed by atoms with Crippen molar-refractivity contribution in [2.75, 3.05) is 39.5 Å². The van der Waals surface area contributed by atoms with Gasteiger partial charge in [-0.3, -0.25) is 9.78 Å². The van der Waals surface area contributed by atoms with E-state index in [4.69, 9.17) is 21.4 Å². The zero-order chi connectivity index (χ0) is 39.9. The lowest BCUT2D eigenvalue weighted by atomic mass is 9.93. The van der Waals surface area contributed by atoms with Crippen molar-refractivity contribution in [2.45, 2.75) is 100 Å². The third-order valence-electron chi connectivity index (χ3n) is 10.6. The largest absolute Gasteiger partial charge is 0.490 e. The van der Waals surface area contributed by atoms with Crippen LogP contribution in [0, 0.1) is 0 Å². The monoisotopic (exact) mass is 802 g/mol. The summed E-state index contributed by atoms with van der Waals surface area (Å²) in [6.45, 7) is 1.01. The molecule has 302 valence electrons. The van der Waals surface area contributed by atoms with Crippen LogP contribution in [-0.4, -0.2) is 124 Å². The fraction of sp³-hybridized carbons (Fsp3) is 0.550. The van der Waals surface area contributed by atoms with Crippen molar-refractivity contribution >= 4 is 27.5 Å². The molecule has 2 fully saturated rings. The number of amides is 1. The molecule has 0 radical (unpaired) electrons. The van der Waals surface area contributed by atoms with Gasteiger partial charge in [0.2, 0.25) is 15.9 Å². The van der Waals surface area contributed by atoms with Gasteiger partial charge in [0.15, 0.2) is 0 Å². The Morgan fingerprint density at radius 1 is 1.04 bits per heavy atom. The highest BCUT2D eigenvalue weighted by atomic mass is 35.5. The summed E-state index contributed by atoms with van der Waals surface area (Å²) in [6.07, 6.45) is 2.05. The summed E-state index contributed by atoms with van der Waals surface area (Å²) in [7, 11) is -0.941. The van der Waals surface area contributed by atoms with Crippen LogP contribution in [0.3, 0.4) is 0 Å². The maximum Gasteiger partial charge on any atom is 0.222 e. The predicted octanol–water partition coefficient (Wildman–Crippen LogP) is 3.15. The first-order valence-electron chi connectivity index (χ1n) is 18.9. The van der Waals surface area contributed by atoms with Crippen LogP contribution in [0.25, 0.3) is 11.1 Å². The van der Waals surface area contributed by atoms with Gasteiger partial charge in [-0.05, 0) is 84.9 Å². The Morgan fingerprint density at radius 2 is 1.75 bits per heavy atom. The maximum atomic E-state index is 13.4. The van der Waals surface area contributed by atoms with Gasteiger partial charge in [0.1, 0.15) is 30.2 Å². The summed E-state index contributed by atoms with van der Waals surface area (Å²) in [5.41, 5.74) is 5.03. The van der Waals surface area contributed by atoms with Crippen LogP contribution < -0.4 is 10.1 Å². The molecular formula is C40H55ClN4O9S. The highest BCUT2D eigenvalue weighted by molar-refractivity contribution is 7.89. The number of nitrogens with one attached hydrogen (secondary N) is 1. The highest BCUT2D eigenvalue weighted by Gasteiger charge is 2.46. The van der Waals surface area contributed by atoms with E-state index < -0.39 is 59.3 Å². The van der Waals surface area contributed by atoms with Crippen LogP contribution in [0.15, 0.2) is 60.9 Å². The molecule has 2 saturated carbocycles. The second kappa shape index (κ2) is 18.8. The van der Waals surface area contributed by atoms with Crippen molar-refractivity contribution in [3.8, 4) is 16.9 Å². The summed E-state index contributed by atoms with van der Waals surface area (Å²) in [6, 6.07) is 16.2. The molecule has 0 saturated heterocycles. The Kier molecular flexibility index (Phi) is 14.7. The Labute approximate surface area is 329 Å². The van der Waals surface area contributed by atoms with Crippen LogP contribution in [0.2, 0.25) is 5.02 Å². The number of pyridine rings is 1. The number of benzene rings is 2. The number of rotatable bonds is 22. The second-order valence-electron chi connectivity index (χ2n) is 15.1. The van der Waals surface area contributed by atoms with Gasteiger partial charge in [0, 0.05) is 68.7 Å². The quantitative estimate of drug-likeness (QED) is 0.0875. The summed E-state index contributed by atoms with van der Waals surface area (Å²) in [5, 5.41) is 54.2. The van der Waals surface area contributed by atoms with Crippen molar-refractivity contribution in [3.63, 3.8) is 0 Å². The van der Waals surface area contributed by atoms with E-state index in [1.165, 1.54) is 14.1 Å². The Morgan fingerprint density at radius 3 is 2.42 bits per heavy atom. The number of halogens is 1. The van der Waals surface area contributed by atoms with Gasteiger partial charge >= 0.3 is 0 Å². The lowest BCUT2D eigenvalue weighted by molar-refractivity contribution is -0.139. The van der Waals surface area contributed by atoms with E-state index in [-0.39, 0.29) is 30.5 Å². The molecule has 1 amide bonds. The van der Waals surface area contributed by atoms with Gasteiger partial charge in [0.25, 0.3) is 0 Å². The second-order valence-corrected chi connectivity index (χ2v) is 17.8. The first-order valence-corrected chi connectivity index (χ1v) is 20.9. The number of aromatic nitrogens is 1. The first-order chi connectivity index (χ1) is 26.2. The molecule has 0 spiro atoms. The van der Waals surface area contributed by atoms with Gasteiger partial charge < -0.3 is 40.5 Å². The van der Waals surface area contributed by atoms with Crippen LogP contribution in [-0.2, 0) is 26.9 Å². The summed E-state index contributed by atoms with van der Waals surface area (Å²) < 4.78 is 32.2. The molecule has 0 bridgehead atoms. The first kappa shape index (κ1) is 43.0. The normalized spacial score (nSPS) is 18.0. The molecular weight excluding hydrogens is 748 g/mol. The molecule has 3 aromatic rings. The minimum Gasteiger partial charge on any atom is -0.490 e.